The minimum atomic E-state index is -1.32. The van der Waals surface area contributed by atoms with Gasteiger partial charge in [-0.2, -0.15) is 11.1 Å². The lowest BCUT2D eigenvalue weighted by molar-refractivity contribution is 0.0508. The van der Waals surface area contributed by atoms with Crippen molar-refractivity contribution in [1.82, 2.24) is 0 Å². The van der Waals surface area contributed by atoms with E-state index >= 15 is 0 Å². The Hall–Kier alpha value is 0.387. The first-order valence-electron chi connectivity index (χ1n) is 9.89. The van der Waals surface area contributed by atoms with E-state index in [-0.39, 0.29) is 0 Å². The molecule has 5 heteroatoms. The van der Waals surface area contributed by atoms with Crippen LogP contribution in [-0.2, 0) is 14.2 Å². The van der Waals surface area contributed by atoms with E-state index in [1.165, 1.54) is 63.8 Å². The Morgan fingerprint density at radius 1 is 0.583 bits per heavy atom. The molecule has 0 rings (SSSR count). The van der Waals surface area contributed by atoms with E-state index in [1.54, 1.807) is 7.11 Å². The number of rotatable bonds is 19. The molecule has 0 saturated carbocycles. The highest BCUT2D eigenvalue weighted by atomic mass is 35.6. The van der Waals surface area contributed by atoms with Gasteiger partial charge in [0.15, 0.2) is 0 Å². The molecule has 0 aromatic heterocycles. The van der Waals surface area contributed by atoms with Gasteiger partial charge in [0.1, 0.15) is 7.38 Å². The van der Waals surface area contributed by atoms with Gasteiger partial charge in [-0.25, -0.2) is 0 Å². The van der Waals surface area contributed by atoms with E-state index in [0.717, 1.165) is 26.2 Å². The van der Waals surface area contributed by atoms with E-state index in [9.17, 15) is 0 Å². The lowest BCUT2D eigenvalue weighted by Gasteiger charge is -2.11. The van der Waals surface area contributed by atoms with E-state index in [1.807, 2.05) is 0 Å². The molecule has 146 valence electrons. The Bertz CT molecular complexity index is 247. The molecule has 0 aliphatic rings. The van der Waals surface area contributed by atoms with Crippen LogP contribution in [0.25, 0.3) is 0 Å². The molecule has 0 saturated heterocycles. The predicted octanol–water partition coefficient (Wildman–Crippen LogP) is 6.01. The Kier molecular flexibility index (Phi) is 18.5. The van der Waals surface area contributed by atoms with Gasteiger partial charge in [-0.05, 0) is 18.9 Å². The van der Waals surface area contributed by atoms with Gasteiger partial charge in [-0.1, -0.05) is 64.5 Å². The molecule has 3 nitrogen and oxygen atoms in total. The molecule has 0 aliphatic heterocycles. The Balaban J connectivity index is 3.00. The summed E-state index contributed by atoms with van der Waals surface area (Å²) in [5, 5.41) is 0. The molecule has 0 bridgehead atoms. The topological polar surface area (TPSA) is 27.7 Å². The zero-order chi connectivity index (χ0) is 17.9. The summed E-state index contributed by atoms with van der Waals surface area (Å²) in [4.78, 5) is 0. The lowest BCUT2D eigenvalue weighted by Crippen LogP contribution is -2.14. The van der Waals surface area contributed by atoms with Crippen molar-refractivity contribution in [3.05, 3.63) is 0 Å². The molecule has 0 atom stereocenters. The van der Waals surface area contributed by atoms with Crippen molar-refractivity contribution in [2.75, 3.05) is 40.1 Å². The smallest absolute Gasteiger partial charge is 0.150 e. The first-order chi connectivity index (χ1) is 11.6. The van der Waals surface area contributed by atoms with Crippen LogP contribution >= 0.6 is 11.1 Å². The number of halogens is 1. The average molecular weight is 381 g/mol. The number of hydrogen-bond donors (Lipinski definition) is 0. The van der Waals surface area contributed by atoms with Crippen LogP contribution in [0.15, 0.2) is 0 Å². The molecule has 0 unspecified atom stereocenters. The van der Waals surface area contributed by atoms with Crippen LogP contribution in [0, 0.1) is 0 Å². The SMILES string of the molecule is COCCOCCCOCCCCCCCCCCC[Si](C)(C)Cl. The van der Waals surface area contributed by atoms with Gasteiger partial charge in [0, 0.05) is 26.9 Å². The molecular weight excluding hydrogens is 340 g/mol. The minimum absolute atomic E-state index is 0.675. The van der Waals surface area contributed by atoms with Gasteiger partial charge in [-0.3, -0.25) is 0 Å². The number of hydrogen-bond acceptors (Lipinski definition) is 3. The molecule has 0 aromatic carbocycles. The second-order valence-electron chi connectivity index (χ2n) is 7.22. The third kappa shape index (κ3) is 22.4. The molecule has 0 aromatic rings. The van der Waals surface area contributed by atoms with Gasteiger partial charge in [0.25, 0.3) is 0 Å². The molecule has 0 fully saturated rings. The molecule has 0 heterocycles. The van der Waals surface area contributed by atoms with Gasteiger partial charge in [0.05, 0.1) is 13.2 Å². The van der Waals surface area contributed by atoms with Gasteiger partial charge < -0.3 is 14.2 Å². The summed E-state index contributed by atoms with van der Waals surface area (Å²) in [6.45, 7) is 8.33. The lowest BCUT2D eigenvalue weighted by atomic mass is 10.1. The molecule has 0 aliphatic carbocycles. The van der Waals surface area contributed by atoms with Gasteiger partial charge in [0.2, 0.25) is 0 Å². The number of ether oxygens (including phenoxy) is 3. The quantitative estimate of drug-likeness (QED) is 0.156. The zero-order valence-corrected chi connectivity index (χ0v) is 18.2. The standard InChI is InChI=1S/C19H41ClO3Si/c1-21-17-18-23-16-13-15-22-14-11-9-7-5-4-6-8-10-12-19-24(2,3)20/h4-19H2,1-3H3. The van der Waals surface area contributed by atoms with Gasteiger partial charge in [-0.15, -0.1) is 0 Å². The number of methoxy groups -OCH3 is 1. The summed E-state index contributed by atoms with van der Waals surface area (Å²) in [6, 6.07) is 1.27. The van der Waals surface area contributed by atoms with Crippen LogP contribution in [0.5, 0.6) is 0 Å². The summed E-state index contributed by atoms with van der Waals surface area (Å²) in [7, 11) is 0.373. The van der Waals surface area contributed by atoms with Crippen molar-refractivity contribution in [2.24, 2.45) is 0 Å². The summed E-state index contributed by atoms with van der Waals surface area (Å²) < 4.78 is 15.9. The van der Waals surface area contributed by atoms with Crippen molar-refractivity contribution in [1.29, 1.82) is 0 Å². The summed E-state index contributed by atoms with van der Waals surface area (Å²) in [5.41, 5.74) is 0. The average Bonchev–Trinajstić information content (AvgIpc) is 2.52. The van der Waals surface area contributed by atoms with Crippen LogP contribution < -0.4 is 0 Å². The van der Waals surface area contributed by atoms with E-state index < -0.39 is 7.38 Å². The Morgan fingerprint density at radius 3 is 1.58 bits per heavy atom. The van der Waals surface area contributed by atoms with Crippen molar-refractivity contribution < 1.29 is 14.2 Å². The van der Waals surface area contributed by atoms with E-state index in [4.69, 9.17) is 25.3 Å². The van der Waals surface area contributed by atoms with Crippen molar-refractivity contribution in [3.8, 4) is 0 Å². The Morgan fingerprint density at radius 2 is 1.04 bits per heavy atom. The van der Waals surface area contributed by atoms with Crippen molar-refractivity contribution in [2.45, 2.75) is 83.3 Å². The molecule has 0 spiro atoms. The number of unbranched alkanes of at least 4 members (excludes halogenated alkanes) is 8. The largest absolute Gasteiger partial charge is 0.382 e. The second kappa shape index (κ2) is 18.2. The molecule has 0 radical (unpaired) electrons. The summed E-state index contributed by atoms with van der Waals surface area (Å²) >= 11 is 6.33. The maximum absolute atomic E-state index is 6.33. The van der Waals surface area contributed by atoms with Crippen LogP contribution in [0.4, 0.5) is 0 Å². The second-order valence-corrected chi connectivity index (χ2v) is 14.2. The molecular formula is C19H41ClO3Si. The molecule has 24 heavy (non-hydrogen) atoms. The molecule has 0 N–H and O–H groups in total. The van der Waals surface area contributed by atoms with Crippen LogP contribution in [0.3, 0.4) is 0 Å². The monoisotopic (exact) mass is 380 g/mol. The highest BCUT2D eigenvalue weighted by molar-refractivity contribution is 7.19. The Labute approximate surface area is 156 Å². The highest BCUT2D eigenvalue weighted by Crippen LogP contribution is 2.19. The summed E-state index contributed by atoms with van der Waals surface area (Å²) in [6.07, 6.45) is 13.1. The fourth-order valence-corrected chi connectivity index (χ4v) is 4.09. The molecule has 0 amide bonds. The fraction of sp³-hybridized carbons (Fsp3) is 1.00. The van der Waals surface area contributed by atoms with Crippen LogP contribution in [0.1, 0.15) is 64.2 Å². The minimum Gasteiger partial charge on any atom is -0.382 e. The van der Waals surface area contributed by atoms with Crippen LogP contribution in [-0.4, -0.2) is 47.5 Å². The van der Waals surface area contributed by atoms with Gasteiger partial charge >= 0.3 is 0 Å². The summed E-state index contributed by atoms with van der Waals surface area (Å²) in [5.74, 6) is 0. The maximum atomic E-state index is 6.33. The third-order valence-electron chi connectivity index (χ3n) is 4.07. The third-order valence-corrected chi connectivity index (χ3v) is 6.18. The zero-order valence-electron chi connectivity index (χ0n) is 16.4. The maximum Gasteiger partial charge on any atom is 0.150 e. The predicted molar refractivity (Wildman–Crippen MR) is 108 cm³/mol. The first kappa shape index (κ1) is 24.4. The van der Waals surface area contributed by atoms with Crippen molar-refractivity contribution in [3.63, 3.8) is 0 Å². The van der Waals surface area contributed by atoms with Crippen LogP contribution in [0.2, 0.25) is 19.1 Å². The first-order valence-corrected chi connectivity index (χ1v) is 14.1. The normalized spacial score (nSPS) is 12.0. The highest BCUT2D eigenvalue weighted by Gasteiger charge is 2.15. The van der Waals surface area contributed by atoms with E-state index in [2.05, 4.69) is 13.1 Å². The van der Waals surface area contributed by atoms with E-state index in [0.29, 0.717) is 13.2 Å². The van der Waals surface area contributed by atoms with Crippen molar-refractivity contribution >= 4 is 18.5 Å². The fourth-order valence-electron chi connectivity index (χ4n) is 2.60.